The highest BCUT2D eigenvalue weighted by atomic mass is 16.3. The summed E-state index contributed by atoms with van der Waals surface area (Å²) in [5.74, 6) is 0.730. The molecule has 100 valence electrons. The molecular formula is C17H26O. The van der Waals surface area contributed by atoms with E-state index in [0.717, 1.165) is 17.9 Å². The summed E-state index contributed by atoms with van der Waals surface area (Å²) >= 11 is 0. The number of benzene rings is 1. The lowest BCUT2D eigenvalue weighted by atomic mass is 9.81. The van der Waals surface area contributed by atoms with Gasteiger partial charge in [0.1, 0.15) is 0 Å². The van der Waals surface area contributed by atoms with Gasteiger partial charge in [0.05, 0.1) is 6.10 Å². The maximum atomic E-state index is 10.5. The third kappa shape index (κ3) is 3.14. The number of hydrogen-bond acceptors (Lipinski definition) is 1. The fourth-order valence-electron chi connectivity index (χ4n) is 3.16. The molecule has 1 aromatic carbocycles. The average molecular weight is 246 g/mol. The van der Waals surface area contributed by atoms with E-state index in [0.29, 0.717) is 0 Å². The van der Waals surface area contributed by atoms with Crippen molar-refractivity contribution in [1.82, 2.24) is 0 Å². The highest BCUT2D eigenvalue weighted by Crippen LogP contribution is 2.36. The lowest BCUT2D eigenvalue weighted by Gasteiger charge is -2.26. The van der Waals surface area contributed by atoms with E-state index >= 15 is 0 Å². The van der Waals surface area contributed by atoms with Crippen molar-refractivity contribution in [3.63, 3.8) is 0 Å². The normalized spacial score (nSPS) is 19.1. The molecule has 1 fully saturated rings. The van der Waals surface area contributed by atoms with Crippen LogP contribution in [0, 0.1) is 5.92 Å². The molecule has 1 heteroatoms. The Bertz CT molecular complexity index is 383. The first-order valence-corrected chi connectivity index (χ1v) is 7.26. The van der Waals surface area contributed by atoms with Crippen LogP contribution in [0.2, 0.25) is 0 Å². The van der Waals surface area contributed by atoms with Gasteiger partial charge in [0.25, 0.3) is 0 Å². The third-order valence-corrected chi connectivity index (χ3v) is 4.16. The van der Waals surface area contributed by atoms with Crippen molar-refractivity contribution in [2.24, 2.45) is 5.92 Å². The van der Waals surface area contributed by atoms with Crippen LogP contribution < -0.4 is 0 Å². The SMILES string of the molecule is CC(C)(C)c1ccccc1C(O)CC1CCCC1. The quantitative estimate of drug-likeness (QED) is 0.826. The summed E-state index contributed by atoms with van der Waals surface area (Å²) in [4.78, 5) is 0. The smallest absolute Gasteiger partial charge is 0.0795 e. The van der Waals surface area contributed by atoms with E-state index in [9.17, 15) is 5.11 Å². The van der Waals surface area contributed by atoms with Crippen LogP contribution in [-0.2, 0) is 5.41 Å². The Hall–Kier alpha value is -0.820. The summed E-state index contributed by atoms with van der Waals surface area (Å²) in [5.41, 5.74) is 2.53. The minimum atomic E-state index is -0.288. The zero-order valence-corrected chi connectivity index (χ0v) is 11.9. The maximum absolute atomic E-state index is 10.5. The number of aliphatic hydroxyl groups excluding tert-OH is 1. The van der Waals surface area contributed by atoms with Gasteiger partial charge in [0.2, 0.25) is 0 Å². The summed E-state index contributed by atoms with van der Waals surface area (Å²) in [7, 11) is 0. The van der Waals surface area contributed by atoms with E-state index < -0.39 is 0 Å². The topological polar surface area (TPSA) is 20.2 Å². The number of rotatable bonds is 3. The van der Waals surface area contributed by atoms with Gasteiger partial charge in [-0.2, -0.15) is 0 Å². The van der Waals surface area contributed by atoms with Gasteiger partial charge in [-0.1, -0.05) is 70.7 Å². The average Bonchev–Trinajstić information content (AvgIpc) is 2.80. The van der Waals surface area contributed by atoms with Crippen molar-refractivity contribution in [2.45, 2.75) is 64.4 Å². The summed E-state index contributed by atoms with van der Waals surface area (Å²) in [5, 5.41) is 10.5. The van der Waals surface area contributed by atoms with Gasteiger partial charge < -0.3 is 5.11 Å². The molecule has 1 saturated carbocycles. The second-order valence-corrected chi connectivity index (χ2v) is 6.74. The van der Waals surface area contributed by atoms with Crippen molar-refractivity contribution < 1.29 is 5.11 Å². The van der Waals surface area contributed by atoms with E-state index in [1.807, 2.05) is 6.07 Å². The van der Waals surface area contributed by atoms with Crippen molar-refractivity contribution in [1.29, 1.82) is 0 Å². The molecule has 0 aliphatic heterocycles. The molecule has 1 aromatic rings. The van der Waals surface area contributed by atoms with Crippen molar-refractivity contribution in [2.75, 3.05) is 0 Å². The molecule has 1 N–H and O–H groups in total. The predicted molar refractivity (Wildman–Crippen MR) is 76.7 cm³/mol. The van der Waals surface area contributed by atoms with Crippen molar-refractivity contribution in [3.05, 3.63) is 35.4 Å². The monoisotopic (exact) mass is 246 g/mol. The first-order chi connectivity index (χ1) is 8.48. The molecule has 0 spiro atoms. The minimum Gasteiger partial charge on any atom is -0.388 e. The third-order valence-electron chi connectivity index (χ3n) is 4.16. The van der Waals surface area contributed by atoms with E-state index in [2.05, 4.69) is 39.0 Å². The second-order valence-electron chi connectivity index (χ2n) is 6.74. The summed E-state index contributed by atoms with van der Waals surface area (Å²) in [6, 6.07) is 8.38. The predicted octanol–water partition coefficient (Wildman–Crippen LogP) is 4.60. The number of hydrogen-bond donors (Lipinski definition) is 1. The van der Waals surface area contributed by atoms with Gasteiger partial charge >= 0.3 is 0 Å². The van der Waals surface area contributed by atoms with Gasteiger partial charge in [-0.05, 0) is 28.9 Å². The van der Waals surface area contributed by atoms with Crippen LogP contribution in [0.25, 0.3) is 0 Å². The molecule has 0 saturated heterocycles. The molecule has 1 unspecified atom stereocenters. The largest absolute Gasteiger partial charge is 0.388 e. The Morgan fingerprint density at radius 2 is 1.78 bits per heavy atom. The first-order valence-electron chi connectivity index (χ1n) is 7.26. The molecule has 1 aliphatic rings. The van der Waals surface area contributed by atoms with Gasteiger partial charge in [-0.15, -0.1) is 0 Å². The fourth-order valence-corrected chi connectivity index (χ4v) is 3.16. The minimum absolute atomic E-state index is 0.104. The Morgan fingerprint density at radius 3 is 2.39 bits per heavy atom. The van der Waals surface area contributed by atoms with Crippen LogP contribution in [-0.4, -0.2) is 5.11 Å². The zero-order valence-electron chi connectivity index (χ0n) is 11.9. The van der Waals surface area contributed by atoms with Crippen LogP contribution in [0.1, 0.15) is 70.1 Å². The maximum Gasteiger partial charge on any atom is 0.0795 e. The summed E-state index contributed by atoms with van der Waals surface area (Å²) < 4.78 is 0. The Labute approximate surface area is 111 Å². The van der Waals surface area contributed by atoms with Crippen LogP contribution in [0.3, 0.4) is 0 Å². The molecule has 0 radical (unpaired) electrons. The van der Waals surface area contributed by atoms with E-state index in [1.165, 1.54) is 31.2 Å². The van der Waals surface area contributed by atoms with Crippen LogP contribution in [0.5, 0.6) is 0 Å². The van der Waals surface area contributed by atoms with E-state index in [1.54, 1.807) is 0 Å². The van der Waals surface area contributed by atoms with Gasteiger partial charge in [0.15, 0.2) is 0 Å². The van der Waals surface area contributed by atoms with Crippen LogP contribution >= 0.6 is 0 Å². The lowest BCUT2D eigenvalue weighted by molar-refractivity contribution is 0.143. The molecular weight excluding hydrogens is 220 g/mol. The molecule has 0 amide bonds. The summed E-state index contributed by atoms with van der Waals surface area (Å²) in [6.07, 6.45) is 5.94. The van der Waals surface area contributed by atoms with Gasteiger partial charge in [-0.3, -0.25) is 0 Å². The highest BCUT2D eigenvalue weighted by Gasteiger charge is 2.24. The Balaban J connectivity index is 2.16. The first kappa shape index (κ1) is 13.6. The molecule has 18 heavy (non-hydrogen) atoms. The van der Waals surface area contributed by atoms with Crippen molar-refractivity contribution in [3.8, 4) is 0 Å². The molecule has 1 nitrogen and oxygen atoms in total. The molecule has 2 rings (SSSR count). The van der Waals surface area contributed by atoms with Gasteiger partial charge in [-0.25, -0.2) is 0 Å². The fraction of sp³-hybridized carbons (Fsp3) is 0.647. The van der Waals surface area contributed by atoms with Crippen LogP contribution in [0.15, 0.2) is 24.3 Å². The molecule has 0 aromatic heterocycles. The summed E-state index contributed by atoms with van der Waals surface area (Å²) in [6.45, 7) is 6.65. The number of aliphatic hydroxyl groups is 1. The molecule has 1 atom stereocenters. The van der Waals surface area contributed by atoms with E-state index in [-0.39, 0.29) is 11.5 Å². The Kier molecular flexibility index (Phi) is 4.11. The van der Waals surface area contributed by atoms with E-state index in [4.69, 9.17) is 0 Å². The van der Waals surface area contributed by atoms with Gasteiger partial charge in [0, 0.05) is 0 Å². The highest BCUT2D eigenvalue weighted by molar-refractivity contribution is 5.34. The standard InChI is InChI=1S/C17H26O/c1-17(2,3)15-11-7-6-10-14(15)16(18)12-13-8-4-5-9-13/h6-7,10-11,13,16,18H,4-5,8-9,12H2,1-3H3. The second kappa shape index (κ2) is 5.44. The lowest BCUT2D eigenvalue weighted by Crippen LogP contribution is -2.17. The Morgan fingerprint density at radius 1 is 1.17 bits per heavy atom. The van der Waals surface area contributed by atoms with Crippen molar-refractivity contribution >= 4 is 0 Å². The zero-order chi connectivity index (χ0) is 13.2. The molecule has 0 heterocycles. The molecule has 0 bridgehead atoms. The van der Waals surface area contributed by atoms with Crippen LogP contribution in [0.4, 0.5) is 0 Å². The molecule has 1 aliphatic carbocycles.